The molecule has 0 aromatic heterocycles. The van der Waals surface area contributed by atoms with Gasteiger partial charge < -0.3 is 14.8 Å². The first-order valence-electron chi connectivity index (χ1n) is 11.1. The van der Waals surface area contributed by atoms with E-state index in [0.717, 1.165) is 12.0 Å². The van der Waals surface area contributed by atoms with Gasteiger partial charge in [-0.25, -0.2) is 8.42 Å². The largest absolute Gasteiger partial charge is 0.495 e. The van der Waals surface area contributed by atoms with E-state index in [2.05, 4.69) is 19.2 Å². The molecular weight excluding hydrogens is 440 g/mol. The summed E-state index contributed by atoms with van der Waals surface area (Å²) in [6, 6.07) is 14.6. The Morgan fingerprint density at radius 1 is 1.15 bits per heavy atom. The first kappa shape index (κ1) is 25.0. The molecule has 0 saturated carbocycles. The van der Waals surface area contributed by atoms with Crippen molar-refractivity contribution in [3.05, 3.63) is 65.7 Å². The van der Waals surface area contributed by atoms with E-state index >= 15 is 0 Å². The first-order valence-corrected chi connectivity index (χ1v) is 12.5. The van der Waals surface area contributed by atoms with E-state index in [1.807, 2.05) is 30.3 Å². The number of carbonyl (C=O) groups is 1. The van der Waals surface area contributed by atoms with E-state index in [1.165, 1.54) is 23.6 Å². The van der Waals surface area contributed by atoms with Crippen LogP contribution in [0.2, 0.25) is 0 Å². The number of benzene rings is 2. The number of carbonyl (C=O) groups excluding carboxylic acids is 1. The van der Waals surface area contributed by atoms with Crippen LogP contribution in [0.15, 0.2) is 59.5 Å². The Bertz CT molecular complexity index is 1060. The Balaban J connectivity index is 1.78. The molecule has 1 fully saturated rings. The topological polar surface area (TPSA) is 84.9 Å². The zero-order valence-corrected chi connectivity index (χ0v) is 20.2. The van der Waals surface area contributed by atoms with Crippen LogP contribution in [0.1, 0.15) is 37.4 Å². The maximum absolute atomic E-state index is 13.1. The van der Waals surface area contributed by atoms with Crippen molar-refractivity contribution in [2.75, 3.05) is 33.4 Å². The van der Waals surface area contributed by atoms with Gasteiger partial charge in [-0.15, -0.1) is 0 Å². The van der Waals surface area contributed by atoms with Crippen molar-refractivity contribution in [1.29, 1.82) is 0 Å². The number of amides is 1. The van der Waals surface area contributed by atoms with Gasteiger partial charge in [-0.3, -0.25) is 4.79 Å². The maximum Gasteiger partial charge on any atom is 0.246 e. The van der Waals surface area contributed by atoms with Crippen molar-refractivity contribution in [1.82, 2.24) is 9.62 Å². The van der Waals surface area contributed by atoms with Gasteiger partial charge in [0.1, 0.15) is 10.6 Å². The lowest BCUT2D eigenvalue weighted by atomic mass is 9.97. The first-order chi connectivity index (χ1) is 15.8. The summed E-state index contributed by atoms with van der Waals surface area (Å²) in [4.78, 5) is 12.8. The molecule has 1 unspecified atom stereocenters. The molecular formula is C25H32N2O5S. The highest BCUT2D eigenvalue weighted by Crippen LogP contribution is 2.29. The Morgan fingerprint density at radius 2 is 1.85 bits per heavy atom. The number of hydrogen-bond acceptors (Lipinski definition) is 5. The second kappa shape index (κ2) is 11.4. The summed E-state index contributed by atoms with van der Waals surface area (Å²) in [5, 5.41) is 3.06. The van der Waals surface area contributed by atoms with Crippen LogP contribution in [-0.2, 0) is 19.6 Å². The van der Waals surface area contributed by atoms with E-state index in [-0.39, 0.29) is 22.6 Å². The molecule has 7 nitrogen and oxygen atoms in total. The average molecular weight is 473 g/mol. The highest BCUT2D eigenvalue weighted by Gasteiger charge is 2.29. The molecule has 3 rings (SSSR count). The molecule has 33 heavy (non-hydrogen) atoms. The summed E-state index contributed by atoms with van der Waals surface area (Å²) in [6.45, 7) is 5.55. The second-order valence-corrected chi connectivity index (χ2v) is 10.3. The number of sulfonamides is 1. The fourth-order valence-corrected chi connectivity index (χ4v) is 5.35. The van der Waals surface area contributed by atoms with Gasteiger partial charge in [0.25, 0.3) is 0 Å². The zero-order chi connectivity index (χ0) is 23.8. The van der Waals surface area contributed by atoms with Gasteiger partial charge in [0, 0.05) is 19.2 Å². The fraction of sp³-hybridized carbons (Fsp3) is 0.400. The molecule has 2 aromatic carbocycles. The minimum absolute atomic E-state index is 0.0800. The predicted molar refractivity (Wildman–Crippen MR) is 128 cm³/mol. The van der Waals surface area contributed by atoms with Crippen LogP contribution in [0, 0.1) is 5.92 Å². The molecule has 1 heterocycles. The summed E-state index contributed by atoms with van der Waals surface area (Å²) in [6.07, 6.45) is 3.86. The molecule has 1 saturated heterocycles. The lowest BCUT2D eigenvalue weighted by Crippen LogP contribution is -2.40. The summed E-state index contributed by atoms with van der Waals surface area (Å²) < 4.78 is 38.3. The third kappa shape index (κ3) is 6.66. The third-order valence-corrected chi connectivity index (χ3v) is 7.35. The van der Waals surface area contributed by atoms with Crippen LogP contribution in [-0.4, -0.2) is 52.0 Å². The van der Waals surface area contributed by atoms with E-state index in [4.69, 9.17) is 9.47 Å². The van der Waals surface area contributed by atoms with Gasteiger partial charge in [0.15, 0.2) is 0 Å². The Labute approximate surface area is 196 Å². The second-order valence-electron chi connectivity index (χ2n) is 8.36. The quantitative estimate of drug-likeness (QED) is 0.564. The Morgan fingerprint density at radius 3 is 2.48 bits per heavy atom. The van der Waals surface area contributed by atoms with Crippen LogP contribution in [0.4, 0.5) is 0 Å². The summed E-state index contributed by atoms with van der Waals surface area (Å²) in [5.41, 5.74) is 1.65. The minimum Gasteiger partial charge on any atom is -0.495 e. The molecule has 178 valence electrons. The smallest absolute Gasteiger partial charge is 0.246 e. The number of ether oxygens (including phenoxy) is 2. The molecule has 0 radical (unpaired) electrons. The number of nitrogens with zero attached hydrogens (tertiary/aromatic N) is 1. The highest BCUT2D eigenvalue weighted by atomic mass is 32.2. The van der Waals surface area contributed by atoms with Gasteiger partial charge in [-0.2, -0.15) is 4.31 Å². The molecule has 1 aliphatic heterocycles. The van der Waals surface area contributed by atoms with Crippen LogP contribution in [0.25, 0.3) is 6.08 Å². The van der Waals surface area contributed by atoms with Crippen molar-refractivity contribution >= 4 is 22.0 Å². The molecule has 0 spiro atoms. The van der Waals surface area contributed by atoms with Gasteiger partial charge in [0.2, 0.25) is 15.9 Å². The van der Waals surface area contributed by atoms with Crippen molar-refractivity contribution < 1.29 is 22.7 Å². The average Bonchev–Trinajstić information content (AvgIpc) is 2.83. The van der Waals surface area contributed by atoms with E-state index in [9.17, 15) is 13.2 Å². The fourth-order valence-electron chi connectivity index (χ4n) is 3.75. The summed E-state index contributed by atoms with van der Waals surface area (Å²) in [5.74, 6) is 0.441. The van der Waals surface area contributed by atoms with Gasteiger partial charge in [0.05, 0.1) is 26.4 Å². The number of rotatable bonds is 9. The lowest BCUT2D eigenvalue weighted by molar-refractivity contribution is -0.117. The molecule has 1 amide bonds. The van der Waals surface area contributed by atoms with E-state index in [1.54, 1.807) is 18.2 Å². The van der Waals surface area contributed by atoms with Gasteiger partial charge >= 0.3 is 0 Å². The molecule has 0 aliphatic carbocycles. The molecule has 1 aliphatic rings. The van der Waals surface area contributed by atoms with Gasteiger partial charge in [-0.1, -0.05) is 50.2 Å². The van der Waals surface area contributed by atoms with Crippen LogP contribution in [0.5, 0.6) is 5.75 Å². The van der Waals surface area contributed by atoms with Crippen molar-refractivity contribution in [2.45, 2.75) is 31.2 Å². The predicted octanol–water partition coefficient (Wildman–Crippen LogP) is 3.63. The summed E-state index contributed by atoms with van der Waals surface area (Å²) in [7, 11) is -2.30. The maximum atomic E-state index is 13.1. The Hall–Kier alpha value is -2.68. The van der Waals surface area contributed by atoms with Crippen LogP contribution in [0.3, 0.4) is 0 Å². The molecule has 1 N–H and O–H groups in total. The monoisotopic (exact) mass is 472 g/mol. The number of nitrogens with one attached hydrogen (secondary N) is 1. The zero-order valence-electron chi connectivity index (χ0n) is 19.4. The number of hydrogen-bond donors (Lipinski definition) is 1. The molecule has 1 atom stereocenters. The number of methoxy groups -OCH3 is 1. The minimum atomic E-state index is -3.74. The summed E-state index contributed by atoms with van der Waals surface area (Å²) >= 11 is 0. The van der Waals surface area contributed by atoms with E-state index in [0.29, 0.717) is 37.8 Å². The van der Waals surface area contributed by atoms with Gasteiger partial charge in [-0.05, 0) is 41.7 Å². The van der Waals surface area contributed by atoms with Crippen molar-refractivity contribution in [2.24, 2.45) is 5.92 Å². The third-order valence-electron chi connectivity index (χ3n) is 5.43. The molecule has 8 heteroatoms. The normalized spacial score (nSPS) is 16.1. The van der Waals surface area contributed by atoms with E-state index < -0.39 is 10.0 Å². The lowest BCUT2D eigenvalue weighted by Gasteiger charge is -2.26. The highest BCUT2D eigenvalue weighted by molar-refractivity contribution is 7.89. The SMILES string of the molecule is COc1ccc(/C=C/C(=O)NC(CC(C)C)c2ccccc2)cc1S(=O)(=O)N1CCOCC1. The Kier molecular flexibility index (Phi) is 8.66. The van der Waals surface area contributed by atoms with Crippen LogP contribution < -0.4 is 10.1 Å². The van der Waals surface area contributed by atoms with Crippen LogP contribution >= 0.6 is 0 Å². The standard InChI is InChI=1S/C25H32N2O5S/c1-19(2)17-22(21-7-5-4-6-8-21)26-25(28)12-10-20-9-11-23(31-3)24(18-20)33(29,30)27-13-15-32-16-14-27/h4-12,18-19,22H,13-17H2,1-3H3,(H,26,28)/b12-10+. The molecule has 2 aromatic rings. The van der Waals surface area contributed by atoms with Crippen molar-refractivity contribution in [3.63, 3.8) is 0 Å². The number of morpholine rings is 1. The van der Waals surface area contributed by atoms with Crippen molar-refractivity contribution in [3.8, 4) is 5.75 Å². The molecule has 0 bridgehead atoms.